The van der Waals surface area contributed by atoms with Crippen molar-refractivity contribution < 1.29 is 5.11 Å². The van der Waals surface area contributed by atoms with Gasteiger partial charge in [0.05, 0.1) is 6.61 Å². The van der Waals surface area contributed by atoms with Crippen LogP contribution in [0.1, 0.15) is 0 Å². The van der Waals surface area contributed by atoms with Gasteiger partial charge in [-0.3, -0.25) is 0 Å². The van der Waals surface area contributed by atoms with Gasteiger partial charge in [0.15, 0.2) is 0 Å². The topological polar surface area (TPSA) is 35.5 Å². The highest BCUT2D eigenvalue weighted by Gasteiger charge is 2.16. The summed E-state index contributed by atoms with van der Waals surface area (Å²) in [6.07, 6.45) is 2.07. The van der Waals surface area contributed by atoms with E-state index in [0.717, 1.165) is 19.6 Å². The Morgan fingerprint density at radius 3 is 3.20 bits per heavy atom. The third-order valence-corrected chi connectivity index (χ3v) is 2.54. The second-order valence-electron chi connectivity index (χ2n) is 2.40. The summed E-state index contributed by atoms with van der Waals surface area (Å²) in [4.78, 5) is 0. The van der Waals surface area contributed by atoms with Gasteiger partial charge < -0.3 is 10.4 Å². The number of aliphatic hydroxyl groups is 1. The molecule has 0 aromatic heterocycles. The van der Waals surface area contributed by atoms with Crippen LogP contribution in [-0.4, -0.2) is 48.0 Å². The van der Waals surface area contributed by atoms with Crippen LogP contribution in [0.3, 0.4) is 0 Å². The number of hydrogen-bond donors (Lipinski definition) is 2. The van der Waals surface area contributed by atoms with E-state index in [1.165, 1.54) is 0 Å². The first-order valence-corrected chi connectivity index (χ1v) is 4.68. The van der Waals surface area contributed by atoms with E-state index in [0.29, 0.717) is 0 Å². The molecule has 2 N–H and O–H groups in total. The summed E-state index contributed by atoms with van der Waals surface area (Å²) in [6.45, 7) is 3.28. The maximum absolute atomic E-state index is 8.81. The Morgan fingerprint density at radius 2 is 2.60 bits per heavy atom. The fourth-order valence-corrected chi connectivity index (χ4v) is 1.69. The standard InChI is InChI=1S/C6H14N2OS/c1-10-8-3-2-7-6(4-8)5-9/h6-7,9H,2-5H2,1H3. The van der Waals surface area contributed by atoms with Crippen LogP contribution in [0.5, 0.6) is 0 Å². The summed E-state index contributed by atoms with van der Waals surface area (Å²) in [7, 11) is 0. The monoisotopic (exact) mass is 162 g/mol. The van der Waals surface area contributed by atoms with Crippen LogP contribution in [0.15, 0.2) is 0 Å². The highest BCUT2D eigenvalue weighted by Crippen LogP contribution is 2.07. The lowest BCUT2D eigenvalue weighted by molar-refractivity contribution is 0.201. The van der Waals surface area contributed by atoms with Crippen molar-refractivity contribution in [1.82, 2.24) is 9.62 Å². The van der Waals surface area contributed by atoms with Crippen molar-refractivity contribution in [3.05, 3.63) is 0 Å². The van der Waals surface area contributed by atoms with Crippen molar-refractivity contribution in [2.75, 3.05) is 32.5 Å². The third kappa shape index (κ3) is 2.12. The summed E-state index contributed by atoms with van der Waals surface area (Å²) < 4.78 is 2.26. The van der Waals surface area contributed by atoms with Crippen molar-refractivity contribution >= 4 is 11.9 Å². The van der Waals surface area contributed by atoms with E-state index >= 15 is 0 Å². The van der Waals surface area contributed by atoms with Gasteiger partial charge in [-0.15, -0.1) is 0 Å². The molecule has 0 aliphatic carbocycles. The summed E-state index contributed by atoms with van der Waals surface area (Å²) in [5, 5.41) is 12.0. The minimum absolute atomic E-state index is 0.247. The van der Waals surface area contributed by atoms with Gasteiger partial charge in [0.25, 0.3) is 0 Å². The van der Waals surface area contributed by atoms with Crippen LogP contribution in [0.4, 0.5) is 0 Å². The van der Waals surface area contributed by atoms with Crippen molar-refractivity contribution in [3.63, 3.8) is 0 Å². The quantitative estimate of drug-likeness (QED) is 0.538. The van der Waals surface area contributed by atoms with Crippen molar-refractivity contribution in [2.45, 2.75) is 6.04 Å². The van der Waals surface area contributed by atoms with Crippen LogP contribution < -0.4 is 5.32 Å². The molecule has 1 unspecified atom stereocenters. The highest BCUT2D eigenvalue weighted by atomic mass is 32.2. The molecule has 0 amide bonds. The molecule has 1 atom stereocenters. The molecule has 0 spiro atoms. The van der Waals surface area contributed by atoms with Crippen LogP contribution in [-0.2, 0) is 0 Å². The first kappa shape index (κ1) is 8.33. The van der Waals surface area contributed by atoms with Crippen LogP contribution in [0, 0.1) is 0 Å². The third-order valence-electron chi connectivity index (χ3n) is 1.70. The van der Waals surface area contributed by atoms with Crippen LogP contribution >= 0.6 is 11.9 Å². The van der Waals surface area contributed by atoms with E-state index in [-0.39, 0.29) is 12.6 Å². The molecule has 0 radical (unpaired) electrons. The normalized spacial score (nSPS) is 28.8. The van der Waals surface area contributed by atoms with Gasteiger partial charge in [0.2, 0.25) is 0 Å². The van der Waals surface area contributed by atoms with Gasteiger partial charge in [-0.2, -0.15) is 0 Å². The number of nitrogens with zero attached hydrogens (tertiary/aromatic N) is 1. The maximum Gasteiger partial charge on any atom is 0.0597 e. The van der Waals surface area contributed by atoms with Gasteiger partial charge in [-0.1, -0.05) is 11.9 Å². The first-order valence-electron chi connectivity index (χ1n) is 3.50. The van der Waals surface area contributed by atoms with E-state index in [1.54, 1.807) is 11.9 Å². The molecule has 1 fully saturated rings. The van der Waals surface area contributed by atoms with E-state index in [4.69, 9.17) is 5.11 Å². The zero-order chi connectivity index (χ0) is 7.40. The van der Waals surface area contributed by atoms with Gasteiger partial charge >= 0.3 is 0 Å². The predicted octanol–water partition coefficient (Wildman–Crippen LogP) is -0.470. The number of piperazine rings is 1. The van der Waals surface area contributed by atoms with E-state index in [1.807, 2.05) is 0 Å². The molecule has 1 aliphatic rings. The molecule has 10 heavy (non-hydrogen) atoms. The molecule has 0 aromatic rings. The van der Waals surface area contributed by atoms with Crippen molar-refractivity contribution in [1.29, 1.82) is 0 Å². The smallest absolute Gasteiger partial charge is 0.0597 e. The van der Waals surface area contributed by atoms with Crippen LogP contribution in [0.2, 0.25) is 0 Å². The minimum atomic E-state index is 0.247. The molecule has 0 saturated carbocycles. The molecule has 0 bridgehead atoms. The number of aliphatic hydroxyl groups excluding tert-OH is 1. The van der Waals surface area contributed by atoms with Crippen molar-refractivity contribution in [2.24, 2.45) is 0 Å². The second kappa shape index (κ2) is 4.18. The van der Waals surface area contributed by atoms with Gasteiger partial charge in [-0.25, -0.2) is 4.31 Å². The molecule has 60 valence electrons. The molecule has 3 nitrogen and oxygen atoms in total. The zero-order valence-electron chi connectivity index (χ0n) is 6.21. The summed E-state index contributed by atoms with van der Waals surface area (Å²) in [5.74, 6) is 0. The molecule has 1 rings (SSSR count). The number of hydrogen-bond acceptors (Lipinski definition) is 4. The Morgan fingerprint density at radius 1 is 1.80 bits per heavy atom. The molecular weight excluding hydrogens is 148 g/mol. The SMILES string of the molecule is CSN1CCNC(CO)C1. The molecular formula is C6H14N2OS. The van der Waals surface area contributed by atoms with E-state index in [9.17, 15) is 0 Å². The molecule has 1 saturated heterocycles. The lowest BCUT2D eigenvalue weighted by Crippen LogP contribution is -2.49. The van der Waals surface area contributed by atoms with Gasteiger partial charge in [0, 0.05) is 25.7 Å². The number of nitrogens with one attached hydrogen (secondary N) is 1. The minimum Gasteiger partial charge on any atom is -0.395 e. The van der Waals surface area contributed by atoms with Crippen LogP contribution in [0.25, 0.3) is 0 Å². The van der Waals surface area contributed by atoms with E-state index < -0.39 is 0 Å². The Balaban J connectivity index is 2.25. The summed E-state index contributed by atoms with van der Waals surface area (Å²) in [5.41, 5.74) is 0. The Labute approximate surface area is 65.9 Å². The average Bonchev–Trinajstić information content (AvgIpc) is 2.05. The highest BCUT2D eigenvalue weighted by molar-refractivity contribution is 7.96. The summed E-state index contributed by atoms with van der Waals surface area (Å²) in [6, 6.07) is 0.279. The largest absolute Gasteiger partial charge is 0.395 e. The Hall–Kier alpha value is 0.230. The van der Waals surface area contributed by atoms with Gasteiger partial charge in [-0.05, 0) is 6.26 Å². The summed E-state index contributed by atoms with van der Waals surface area (Å²) >= 11 is 1.75. The fraction of sp³-hybridized carbons (Fsp3) is 1.00. The second-order valence-corrected chi connectivity index (χ2v) is 3.29. The first-order chi connectivity index (χ1) is 4.86. The predicted molar refractivity (Wildman–Crippen MR) is 44.0 cm³/mol. The van der Waals surface area contributed by atoms with E-state index in [2.05, 4.69) is 15.9 Å². The molecule has 1 aliphatic heterocycles. The molecule has 4 heteroatoms. The van der Waals surface area contributed by atoms with Gasteiger partial charge in [0.1, 0.15) is 0 Å². The lowest BCUT2D eigenvalue weighted by Gasteiger charge is -2.30. The average molecular weight is 162 g/mol. The lowest BCUT2D eigenvalue weighted by atomic mass is 10.2. The Bertz CT molecular complexity index is 91.7. The maximum atomic E-state index is 8.81. The number of rotatable bonds is 2. The Kier molecular flexibility index (Phi) is 3.48. The van der Waals surface area contributed by atoms with Crippen molar-refractivity contribution in [3.8, 4) is 0 Å². The fourth-order valence-electron chi connectivity index (χ4n) is 1.08. The molecule has 0 aromatic carbocycles. The zero-order valence-corrected chi connectivity index (χ0v) is 7.02. The molecule has 1 heterocycles.